The van der Waals surface area contributed by atoms with E-state index in [2.05, 4.69) is 12.3 Å². The van der Waals surface area contributed by atoms with Gasteiger partial charge < -0.3 is 13.8 Å². The van der Waals surface area contributed by atoms with Crippen LogP contribution in [0.5, 0.6) is 5.75 Å². The van der Waals surface area contributed by atoms with E-state index >= 15 is 0 Å². The SMILES string of the molecule is C=C=C(c1ccc(OC)cc1)P(=O)(OCC)OCC. The lowest BCUT2D eigenvalue weighted by Gasteiger charge is -2.18. The number of hydrogen-bond acceptors (Lipinski definition) is 4. The zero-order chi connectivity index (χ0) is 14.3. The van der Waals surface area contributed by atoms with Crippen LogP contribution < -0.4 is 4.74 Å². The molecule has 0 atom stereocenters. The highest BCUT2D eigenvalue weighted by Crippen LogP contribution is 2.59. The van der Waals surface area contributed by atoms with Gasteiger partial charge in [-0.15, -0.1) is 5.73 Å². The molecule has 0 N–H and O–H groups in total. The second-order valence-electron chi connectivity index (χ2n) is 3.59. The molecule has 0 fully saturated rings. The minimum absolute atomic E-state index is 0.290. The predicted octanol–water partition coefficient (Wildman–Crippen LogP) is 4.09. The van der Waals surface area contributed by atoms with Crippen LogP contribution in [0.3, 0.4) is 0 Å². The Morgan fingerprint density at radius 1 is 1.21 bits per heavy atom. The van der Waals surface area contributed by atoms with E-state index < -0.39 is 7.60 Å². The summed E-state index contributed by atoms with van der Waals surface area (Å²) in [5.74, 6) is 0.717. The summed E-state index contributed by atoms with van der Waals surface area (Å²) >= 11 is 0. The Kier molecular flexibility index (Phi) is 6.07. The molecule has 0 aromatic heterocycles. The van der Waals surface area contributed by atoms with Gasteiger partial charge in [0.1, 0.15) is 11.1 Å². The van der Waals surface area contributed by atoms with E-state index in [9.17, 15) is 4.57 Å². The van der Waals surface area contributed by atoms with E-state index in [4.69, 9.17) is 13.8 Å². The summed E-state index contributed by atoms with van der Waals surface area (Å²) in [6, 6.07) is 7.10. The number of ether oxygens (including phenoxy) is 1. The smallest absolute Gasteiger partial charge is 0.369 e. The molecule has 0 spiro atoms. The third-order valence-electron chi connectivity index (χ3n) is 2.40. The van der Waals surface area contributed by atoms with Crippen LogP contribution in [0.1, 0.15) is 19.4 Å². The standard InChI is InChI=1S/C14H19O4P/c1-5-14(19(15,17-6-2)18-7-3)12-8-10-13(16-4)11-9-12/h8-11H,1,6-7H2,2-4H3. The molecule has 1 rings (SSSR count). The number of hydrogen-bond donors (Lipinski definition) is 0. The zero-order valence-electron chi connectivity index (χ0n) is 11.5. The number of rotatable bonds is 7. The largest absolute Gasteiger partial charge is 0.497 e. The summed E-state index contributed by atoms with van der Waals surface area (Å²) in [5.41, 5.74) is 3.37. The molecule has 104 valence electrons. The van der Waals surface area contributed by atoms with Crippen LogP contribution in [0.2, 0.25) is 0 Å². The van der Waals surface area contributed by atoms with Crippen LogP contribution in [0.4, 0.5) is 0 Å². The van der Waals surface area contributed by atoms with E-state index in [0.717, 1.165) is 5.75 Å². The van der Waals surface area contributed by atoms with Gasteiger partial charge in [0.25, 0.3) is 0 Å². The molecular formula is C14H19O4P. The summed E-state index contributed by atoms with van der Waals surface area (Å²) in [5, 5.41) is 0.346. The first-order valence-electron chi connectivity index (χ1n) is 6.05. The summed E-state index contributed by atoms with van der Waals surface area (Å²) in [7, 11) is -1.78. The second-order valence-corrected chi connectivity index (χ2v) is 5.55. The minimum atomic E-state index is -3.37. The van der Waals surface area contributed by atoms with Crippen molar-refractivity contribution in [2.75, 3.05) is 20.3 Å². The van der Waals surface area contributed by atoms with E-state index in [1.54, 1.807) is 45.2 Å². The molecule has 0 amide bonds. The van der Waals surface area contributed by atoms with Gasteiger partial charge in [-0.3, -0.25) is 4.57 Å². The van der Waals surface area contributed by atoms with Gasteiger partial charge >= 0.3 is 7.60 Å². The summed E-state index contributed by atoms with van der Waals surface area (Å²) < 4.78 is 28.4. The van der Waals surface area contributed by atoms with E-state index in [-0.39, 0.29) is 0 Å². The molecule has 0 radical (unpaired) electrons. The van der Waals surface area contributed by atoms with Crippen molar-refractivity contribution in [1.29, 1.82) is 0 Å². The van der Waals surface area contributed by atoms with Gasteiger partial charge in [0.15, 0.2) is 0 Å². The number of methoxy groups -OCH3 is 1. The molecule has 0 aliphatic carbocycles. The molecule has 0 aliphatic rings. The molecule has 0 aliphatic heterocycles. The maximum Gasteiger partial charge on any atom is 0.369 e. The lowest BCUT2D eigenvalue weighted by molar-refractivity contribution is 0.230. The van der Waals surface area contributed by atoms with Gasteiger partial charge in [-0.05, 0) is 43.7 Å². The summed E-state index contributed by atoms with van der Waals surface area (Å²) in [6.45, 7) is 7.69. The van der Waals surface area contributed by atoms with E-state index in [0.29, 0.717) is 24.1 Å². The first-order valence-corrected chi connectivity index (χ1v) is 7.59. The molecule has 5 heteroatoms. The van der Waals surface area contributed by atoms with Gasteiger partial charge in [0, 0.05) is 0 Å². The first-order chi connectivity index (χ1) is 9.11. The van der Waals surface area contributed by atoms with Crippen molar-refractivity contribution >= 4 is 12.9 Å². The maximum atomic E-state index is 12.7. The Morgan fingerprint density at radius 3 is 2.11 bits per heavy atom. The van der Waals surface area contributed by atoms with Crippen molar-refractivity contribution in [3.63, 3.8) is 0 Å². The highest BCUT2D eigenvalue weighted by atomic mass is 31.2. The Bertz CT molecular complexity index is 491. The maximum absolute atomic E-state index is 12.7. The van der Waals surface area contributed by atoms with Crippen molar-refractivity contribution in [3.05, 3.63) is 42.1 Å². The van der Waals surface area contributed by atoms with Gasteiger partial charge in [-0.25, -0.2) is 0 Å². The third-order valence-corrected chi connectivity index (χ3v) is 4.56. The summed E-state index contributed by atoms with van der Waals surface area (Å²) in [6.07, 6.45) is 0. The monoisotopic (exact) mass is 282 g/mol. The third kappa shape index (κ3) is 3.82. The summed E-state index contributed by atoms with van der Waals surface area (Å²) in [4.78, 5) is 0. The van der Waals surface area contributed by atoms with Crippen LogP contribution in [-0.4, -0.2) is 20.3 Å². The Labute approximate surface area is 114 Å². The fraction of sp³-hybridized carbons (Fsp3) is 0.357. The zero-order valence-corrected chi connectivity index (χ0v) is 12.4. The van der Waals surface area contributed by atoms with Crippen molar-refractivity contribution in [2.24, 2.45) is 0 Å². The van der Waals surface area contributed by atoms with Crippen molar-refractivity contribution in [1.82, 2.24) is 0 Å². The number of benzene rings is 1. The first kappa shape index (κ1) is 15.7. The van der Waals surface area contributed by atoms with Gasteiger partial charge in [-0.1, -0.05) is 6.58 Å². The molecule has 4 nitrogen and oxygen atoms in total. The molecule has 0 heterocycles. The molecule has 0 unspecified atom stereocenters. The highest BCUT2D eigenvalue weighted by molar-refractivity contribution is 7.65. The molecular weight excluding hydrogens is 263 g/mol. The van der Waals surface area contributed by atoms with Crippen LogP contribution in [-0.2, 0) is 13.6 Å². The average Bonchev–Trinajstić information content (AvgIpc) is 2.40. The fourth-order valence-electron chi connectivity index (χ4n) is 1.61. The lowest BCUT2D eigenvalue weighted by Crippen LogP contribution is -1.98. The Balaban J connectivity index is 3.17. The van der Waals surface area contributed by atoms with Gasteiger partial charge in [0.05, 0.1) is 20.3 Å². The van der Waals surface area contributed by atoms with Crippen LogP contribution in [0.15, 0.2) is 36.6 Å². The van der Waals surface area contributed by atoms with Crippen molar-refractivity contribution in [2.45, 2.75) is 13.8 Å². The van der Waals surface area contributed by atoms with E-state index in [1.807, 2.05) is 0 Å². The quantitative estimate of drug-likeness (QED) is 0.558. The topological polar surface area (TPSA) is 44.8 Å². The second kappa shape index (κ2) is 7.32. The van der Waals surface area contributed by atoms with E-state index in [1.165, 1.54) is 0 Å². The lowest BCUT2D eigenvalue weighted by atomic mass is 10.2. The Hall–Kier alpha value is -1.31. The fourth-order valence-corrected chi connectivity index (χ4v) is 3.28. The molecule has 0 saturated carbocycles. The van der Waals surface area contributed by atoms with Crippen LogP contribution >= 0.6 is 7.60 Å². The molecule has 19 heavy (non-hydrogen) atoms. The van der Waals surface area contributed by atoms with Crippen molar-refractivity contribution in [3.8, 4) is 5.75 Å². The van der Waals surface area contributed by atoms with Crippen LogP contribution in [0.25, 0.3) is 5.31 Å². The highest BCUT2D eigenvalue weighted by Gasteiger charge is 2.30. The molecule has 0 saturated heterocycles. The molecule has 1 aromatic rings. The minimum Gasteiger partial charge on any atom is -0.497 e. The normalized spacial score (nSPS) is 10.9. The predicted molar refractivity (Wildman–Crippen MR) is 76.4 cm³/mol. The van der Waals surface area contributed by atoms with Crippen molar-refractivity contribution < 1.29 is 18.3 Å². The molecule has 1 aromatic carbocycles. The Morgan fingerprint density at radius 2 is 1.74 bits per heavy atom. The van der Waals surface area contributed by atoms with Crippen LogP contribution in [0, 0.1) is 0 Å². The molecule has 0 bridgehead atoms. The average molecular weight is 282 g/mol. The van der Waals surface area contributed by atoms with Gasteiger partial charge in [0.2, 0.25) is 0 Å². The van der Waals surface area contributed by atoms with Gasteiger partial charge in [-0.2, -0.15) is 0 Å².